The zero-order chi connectivity index (χ0) is 23.4. The van der Waals surface area contributed by atoms with Gasteiger partial charge in [-0.05, 0) is 68.6 Å². The van der Waals surface area contributed by atoms with Gasteiger partial charge < -0.3 is 10.2 Å². The summed E-state index contributed by atoms with van der Waals surface area (Å²) in [6.45, 7) is 5.02. The summed E-state index contributed by atoms with van der Waals surface area (Å²) in [5.74, 6) is -1.02. The number of benzene rings is 2. The monoisotopic (exact) mass is 480 g/mol. The minimum atomic E-state index is -0.409. The molecule has 1 atom stereocenters. The van der Waals surface area contributed by atoms with Crippen molar-refractivity contribution < 1.29 is 14.4 Å². The Morgan fingerprint density at radius 2 is 1.82 bits per heavy atom. The molecule has 1 unspecified atom stereocenters. The van der Waals surface area contributed by atoms with E-state index in [1.54, 1.807) is 36.4 Å². The topological polar surface area (TPSA) is 93.5 Å². The quantitative estimate of drug-likeness (QED) is 0.481. The second-order valence-corrected chi connectivity index (χ2v) is 8.76. The van der Waals surface area contributed by atoms with Crippen LogP contribution in [0.25, 0.3) is 0 Å². The molecule has 4 rings (SSSR count). The Morgan fingerprint density at radius 3 is 2.53 bits per heavy atom. The molecule has 1 N–H and O–H groups in total. The van der Waals surface area contributed by atoms with Crippen LogP contribution < -0.4 is 5.32 Å². The van der Waals surface area contributed by atoms with Crippen molar-refractivity contribution in [2.24, 2.45) is 0 Å². The van der Waals surface area contributed by atoms with E-state index in [-0.39, 0.29) is 36.3 Å². The van der Waals surface area contributed by atoms with Gasteiger partial charge in [-0.15, -0.1) is 12.4 Å². The van der Waals surface area contributed by atoms with Crippen LogP contribution in [0, 0.1) is 11.3 Å². The molecule has 2 heterocycles. The summed E-state index contributed by atoms with van der Waals surface area (Å²) in [6, 6.07) is 14.1. The van der Waals surface area contributed by atoms with Gasteiger partial charge >= 0.3 is 0 Å². The number of fused-ring (bicyclic) bond motifs is 1. The molecule has 1 fully saturated rings. The second kappa shape index (κ2) is 11.3. The van der Waals surface area contributed by atoms with Crippen LogP contribution in [0.3, 0.4) is 0 Å². The summed E-state index contributed by atoms with van der Waals surface area (Å²) in [5, 5.41) is 11.9. The molecule has 3 amide bonds. The third-order valence-electron chi connectivity index (χ3n) is 6.50. The molecule has 0 aliphatic carbocycles. The molecule has 0 saturated carbocycles. The van der Waals surface area contributed by atoms with Crippen molar-refractivity contribution in [2.45, 2.75) is 45.2 Å². The van der Waals surface area contributed by atoms with Crippen molar-refractivity contribution in [3.05, 3.63) is 70.3 Å². The van der Waals surface area contributed by atoms with Crippen LogP contribution in [0.4, 0.5) is 0 Å². The Morgan fingerprint density at radius 1 is 1.09 bits per heavy atom. The number of carbonyl (C=O) groups is 3. The number of likely N-dealkylation sites (tertiary alicyclic amines) is 1. The molecule has 0 aromatic heterocycles. The fourth-order valence-electron chi connectivity index (χ4n) is 4.52. The van der Waals surface area contributed by atoms with Gasteiger partial charge in [-0.3, -0.25) is 19.3 Å². The molecule has 2 aromatic carbocycles. The molecular formula is C26H29ClN4O3. The number of piperidine rings is 1. The lowest BCUT2D eigenvalue weighted by Crippen LogP contribution is -2.39. The van der Waals surface area contributed by atoms with Gasteiger partial charge in [0.25, 0.3) is 17.7 Å². The largest absolute Gasteiger partial charge is 0.352 e. The van der Waals surface area contributed by atoms with Crippen LogP contribution in [0.2, 0.25) is 0 Å². The van der Waals surface area contributed by atoms with Crippen LogP contribution >= 0.6 is 12.4 Å². The van der Waals surface area contributed by atoms with Crippen molar-refractivity contribution in [1.29, 1.82) is 5.26 Å². The number of nitriles is 1. The first-order chi connectivity index (χ1) is 16.0. The van der Waals surface area contributed by atoms with Crippen LogP contribution in [0.1, 0.15) is 74.8 Å². The number of carbonyl (C=O) groups excluding carboxylic acids is 3. The number of nitrogens with one attached hydrogen (secondary N) is 1. The molecule has 178 valence electrons. The van der Waals surface area contributed by atoms with Crippen LogP contribution in [0.15, 0.2) is 42.5 Å². The molecular weight excluding hydrogens is 452 g/mol. The third-order valence-corrected chi connectivity index (χ3v) is 6.50. The lowest BCUT2D eigenvalue weighted by molar-refractivity contribution is 0.0642. The van der Waals surface area contributed by atoms with Gasteiger partial charge in [-0.2, -0.15) is 5.26 Å². The van der Waals surface area contributed by atoms with Crippen molar-refractivity contribution in [1.82, 2.24) is 15.1 Å². The zero-order valence-corrected chi connectivity index (χ0v) is 20.1. The molecule has 0 spiro atoms. The number of nitrogens with zero attached hydrogens (tertiary/aromatic N) is 3. The summed E-state index contributed by atoms with van der Waals surface area (Å²) in [7, 11) is 0. The van der Waals surface area contributed by atoms with Gasteiger partial charge in [-0.25, -0.2) is 0 Å². The van der Waals surface area contributed by atoms with E-state index in [9.17, 15) is 14.4 Å². The van der Waals surface area contributed by atoms with Gasteiger partial charge in [0.2, 0.25) is 0 Å². The standard InChI is InChI=1S/C26H28N4O3.ClH/c1-18-5-2-3-13-29(18)14-4-12-28-24(31)21-10-11-22-23(15-21)26(33)30(25(22)32)17-20-8-6-19(16-27)7-9-20;/h6-11,15,18H,2-5,12-14,17H2,1H3,(H,28,31);1H. The van der Waals surface area contributed by atoms with E-state index in [0.717, 1.165) is 25.1 Å². The molecule has 0 bridgehead atoms. The number of halogens is 1. The summed E-state index contributed by atoms with van der Waals surface area (Å²) in [6.07, 6.45) is 4.63. The van der Waals surface area contributed by atoms with Crippen LogP contribution in [0.5, 0.6) is 0 Å². The third kappa shape index (κ3) is 5.46. The smallest absolute Gasteiger partial charge is 0.261 e. The van der Waals surface area contributed by atoms with Crippen LogP contribution in [-0.4, -0.2) is 53.2 Å². The Labute approximate surface area is 206 Å². The van der Waals surface area contributed by atoms with Gasteiger partial charge in [0.1, 0.15) is 0 Å². The molecule has 2 aliphatic rings. The fourth-order valence-corrected chi connectivity index (χ4v) is 4.52. The Hall–Kier alpha value is -3.21. The Bertz CT molecular complexity index is 1110. The van der Waals surface area contributed by atoms with E-state index in [1.165, 1.54) is 30.2 Å². The highest BCUT2D eigenvalue weighted by atomic mass is 35.5. The van der Waals surface area contributed by atoms with E-state index < -0.39 is 5.91 Å². The van der Waals surface area contributed by atoms with Gasteiger partial charge in [-0.1, -0.05) is 18.6 Å². The van der Waals surface area contributed by atoms with Crippen molar-refractivity contribution in [2.75, 3.05) is 19.6 Å². The molecule has 1 saturated heterocycles. The second-order valence-electron chi connectivity index (χ2n) is 8.76. The molecule has 8 heteroatoms. The SMILES string of the molecule is CC1CCCCN1CCCNC(=O)c1ccc2c(c1)C(=O)N(Cc1ccc(C#N)cc1)C2=O.Cl. The van der Waals surface area contributed by atoms with E-state index in [4.69, 9.17) is 5.26 Å². The van der Waals surface area contributed by atoms with Crippen molar-refractivity contribution >= 4 is 30.1 Å². The maximum absolute atomic E-state index is 12.9. The number of hydrogen-bond donors (Lipinski definition) is 1. The van der Waals surface area contributed by atoms with Crippen LogP contribution in [-0.2, 0) is 6.54 Å². The van der Waals surface area contributed by atoms with E-state index in [0.29, 0.717) is 29.3 Å². The molecule has 7 nitrogen and oxygen atoms in total. The Kier molecular flexibility index (Phi) is 8.43. The van der Waals surface area contributed by atoms with Crippen molar-refractivity contribution in [3.8, 4) is 6.07 Å². The number of imide groups is 1. The minimum Gasteiger partial charge on any atom is -0.352 e. The average molecular weight is 481 g/mol. The van der Waals surface area contributed by atoms with E-state index >= 15 is 0 Å². The first-order valence-corrected chi connectivity index (χ1v) is 11.5. The minimum absolute atomic E-state index is 0. The highest BCUT2D eigenvalue weighted by Crippen LogP contribution is 2.26. The highest BCUT2D eigenvalue weighted by Gasteiger charge is 2.36. The molecule has 0 radical (unpaired) electrons. The highest BCUT2D eigenvalue weighted by molar-refractivity contribution is 6.22. The van der Waals surface area contributed by atoms with Gasteiger partial charge in [0.05, 0.1) is 29.3 Å². The van der Waals surface area contributed by atoms with Gasteiger partial charge in [0, 0.05) is 24.7 Å². The van der Waals surface area contributed by atoms with E-state index in [1.807, 2.05) is 6.07 Å². The predicted molar refractivity (Wildman–Crippen MR) is 131 cm³/mol. The maximum atomic E-state index is 12.9. The molecule has 34 heavy (non-hydrogen) atoms. The van der Waals surface area contributed by atoms with E-state index in [2.05, 4.69) is 17.1 Å². The average Bonchev–Trinajstić information content (AvgIpc) is 3.07. The maximum Gasteiger partial charge on any atom is 0.261 e. The fraction of sp³-hybridized carbons (Fsp3) is 0.385. The van der Waals surface area contributed by atoms with Gasteiger partial charge in [0.15, 0.2) is 0 Å². The number of amides is 3. The molecule has 2 aromatic rings. The molecule has 2 aliphatic heterocycles. The normalized spacial score (nSPS) is 17.6. The first kappa shape index (κ1) is 25.4. The summed E-state index contributed by atoms with van der Waals surface area (Å²) < 4.78 is 0. The summed E-state index contributed by atoms with van der Waals surface area (Å²) in [4.78, 5) is 41.9. The lowest BCUT2D eigenvalue weighted by Gasteiger charge is -2.33. The number of rotatable bonds is 7. The lowest BCUT2D eigenvalue weighted by atomic mass is 10.0. The van der Waals surface area contributed by atoms with Crippen molar-refractivity contribution in [3.63, 3.8) is 0 Å². The summed E-state index contributed by atoms with van der Waals surface area (Å²) >= 11 is 0. The summed E-state index contributed by atoms with van der Waals surface area (Å²) in [5.41, 5.74) is 2.21. The number of hydrogen-bond acceptors (Lipinski definition) is 5. The Balaban J connectivity index is 0.00000324. The first-order valence-electron chi connectivity index (χ1n) is 11.5. The zero-order valence-electron chi connectivity index (χ0n) is 19.3. The predicted octanol–water partition coefficient (Wildman–Crippen LogP) is 3.77.